The molecular formula is C10H17NO3S. The van der Waals surface area contributed by atoms with Crippen LogP contribution < -0.4 is 0 Å². The molecule has 0 aromatic rings. The zero-order valence-electron chi connectivity index (χ0n) is 9.19. The van der Waals surface area contributed by atoms with E-state index in [1.807, 2.05) is 0 Å². The maximum atomic E-state index is 12.1. The van der Waals surface area contributed by atoms with Gasteiger partial charge in [-0.2, -0.15) is 0 Å². The molecule has 86 valence electrons. The molecule has 5 heteroatoms. The van der Waals surface area contributed by atoms with Gasteiger partial charge in [0, 0.05) is 13.1 Å². The van der Waals surface area contributed by atoms with E-state index >= 15 is 0 Å². The highest BCUT2D eigenvalue weighted by atomic mass is 32.2. The molecule has 1 saturated heterocycles. The van der Waals surface area contributed by atoms with E-state index in [4.69, 9.17) is 0 Å². The van der Waals surface area contributed by atoms with Gasteiger partial charge in [-0.15, -0.1) is 0 Å². The van der Waals surface area contributed by atoms with Crippen molar-refractivity contribution in [2.45, 2.75) is 43.1 Å². The largest absolute Gasteiger partial charge is 0.341 e. The van der Waals surface area contributed by atoms with Crippen LogP contribution in [0.3, 0.4) is 0 Å². The van der Waals surface area contributed by atoms with Crippen LogP contribution in [-0.2, 0) is 14.6 Å². The van der Waals surface area contributed by atoms with Gasteiger partial charge < -0.3 is 4.90 Å². The Labute approximate surface area is 90.6 Å². The van der Waals surface area contributed by atoms with Crippen LogP contribution in [0.4, 0.5) is 0 Å². The SMILES string of the molecule is CC(C)S(=O)(=O)C1(C(=O)N2CCC2)CC1. The Balaban J connectivity index is 2.23. The van der Waals surface area contributed by atoms with Crippen molar-refractivity contribution in [3.8, 4) is 0 Å². The van der Waals surface area contributed by atoms with Crippen LogP contribution in [0, 0.1) is 0 Å². The fourth-order valence-electron chi connectivity index (χ4n) is 1.99. The van der Waals surface area contributed by atoms with E-state index in [0.717, 1.165) is 19.5 Å². The van der Waals surface area contributed by atoms with Crippen molar-refractivity contribution in [2.24, 2.45) is 0 Å². The van der Waals surface area contributed by atoms with Gasteiger partial charge in [0.05, 0.1) is 5.25 Å². The smallest absolute Gasteiger partial charge is 0.244 e. The van der Waals surface area contributed by atoms with Gasteiger partial charge in [-0.1, -0.05) is 0 Å². The Morgan fingerprint density at radius 2 is 1.80 bits per heavy atom. The lowest BCUT2D eigenvalue weighted by Gasteiger charge is -2.34. The number of amides is 1. The van der Waals surface area contributed by atoms with Gasteiger partial charge >= 0.3 is 0 Å². The summed E-state index contributed by atoms with van der Waals surface area (Å²) in [5.74, 6) is -0.151. The maximum Gasteiger partial charge on any atom is 0.244 e. The quantitative estimate of drug-likeness (QED) is 0.713. The lowest BCUT2D eigenvalue weighted by Crippen LogP contribution is -2.52. The van der Waals surface area contributed by atoms with Crippen LogP contribution in [0.25, 0.3) is 0 Å². The number of nitrogens with zero attached hydrogens (tertiary/aromatic N) is 1. The minimum Gasteiger partial charge on any atom is -0.341 e. The Morgan fingerprint density at radius 1 is 1.27 bits per heavy atom. The average molecular weight is 231 g/mol. The molecule has 0 atom stereocenters. The number of likely N-dealkylation sites (tertiary alicyclic amines) is 1. The van der Waals surface area contributed by atoms with Crippen molar-refractivity contribution < 1.29 is 13.2 Å². The van der Waals surface area contributed by atoms with Gasteiger partial charge in [0.25, 0.3) is 0 Å². The second-order valence-electron chi connectivity index (χ2n) is 4.73. The number of sulfone groups is 1. The molecule has 0 radical (unpaired) electrons. The molecule has 1 saturated carbocycles. The molecule has 1 amide bonds. The van der Waals surface area contributed by atoms with E-state index in [2.05, 4.69) is 0 Å². The number of rotatable bonds is 3. The van der Waals surface area contributed by atoms with Crippen molar-refractivity contribution in [2.75, 3.05) is 13.1 Å². The molecule has 0 unspecified atom stereocenters. The second-order valence-corrected chi connectivity index (χ2v) is 7.55. The summed E-state index contributed by atoms with van der Waals surface area (Å²) in [7, 11) is -3.28. The summed E-state index contributed by atoms with van der Waals surface area (Å²) in [5.41, 5.74) is 0. The fourth-order valence-corrected chi connectivity index (χ4v) is 3.94. The summed E-state index contributed by atoms with van der Waals surface area (Å²) in [5, 5.41) is -0.453. The van der Waals surface area contributed by atoms with E-state index in [0.29, 0.717) is 12.8 Å². The standard InChI is InChI=1S/C10H17NO3S/c1-8(2)15(13,14)10(4-5-10)9(12)11-6-3-7-11/h8H,3-7H2,1-2H3. The van der Waals surface area contributed by atoms with E-state index in [1.54, 1.807) is 18.7 Å². The Kier molecular flexibility index (Phi) is 2.33. The minimum absolute atomic E-state index is 0.151. The topological polar surface area (TPSA) is 54.5 Å². The molecule has 2 fully saturated rings. The molecule has 0 aromatic heterocycles. The van der Waals surface area contributed by atoms with Gasteiger partial charge in [-0.25, -0.2) is 8.42 Å². The first-order valence-electron chi connectivity index (χ1n) is 5.45. The number of hydrogen-bond acceptors (Lipinski definition) is 3. The van der Waals surface area contributed by atoms with Crippen molar-refractivity contribution in [3.63, 3.8) is 0 Å². The summed E-state index contributed by atoms with van der Waals surface area (Å²) < 4.78 is 23.1. The van der Waals surface area contributed by atoms with Gasteiger partial charge in [-0.05, 0) is 33.1 Å². The van der Waals surface area contributed by atoms with Crippen molar-refractivity contribution in [3.05, 3.63) is 0 Å². The van der Waals surface area contributed by atoms with E-state index in [1.165, 1.54) is 0 Å². The zero-order valence-corrected chi connectivity index (χ0v) is 10.0. The average Bonchev–Trinajstić information content (AvgIpc) is 2.79. The maximum absolute atomic E-state index is 12.1. The van der Waals surface area contributed by atoms with Crippen molar-refractivity contribution in [1.82, 2.24) is 4.90 Å². The Hall–Kier alpha value is -0.580. The summed E-state index contributed by atoms with van der Waals surface area (Å²) >= 11 is 0. The number of carbonyl (C=O) groups excluding carboxylic acids is 1. The summed E-state index contributed by atoms with van der Waals surface area (Å²) in [6.45, 7) is 4.76. The Bertz CT molecular complexity index is 377. The van der Waals surface area contributed by atoms with Crippen LogP contribution in [-0.4, -0.2) is 42.3 Å². The molecule has 0 aromatic carbocycles. The second kappa shape index (κ2) is 3.20. The minimum atomic E-state index is -3.28. The van der Waals surface area contributed by atoms with Gasteiger partial charge in [-0.3, -0.25) is 4.79 Å². The predicted octanol–water partition coefficient (Wildman–Crippen LogP) is 0.574. The molecule has 0 N–H and O–H groups in total. The molecule has 2 rings (SSSR count). The van der Waals surface area contributed by atoms with Gasteiger partial charge in [0.2, 0.25) is 5.91 Å². The predicted molar refractivity (Wildman–Crippen MR) is 57.2 cm³/mol. The molecule has 0 spiro atoms. The molecule has 1 aliphatic heterocycles. The van der Waals surface area contributed by atoms with Gasteiger partial charge in [0.1, 0.15) is 0 Å². The number of carbonyl (C=O) groups is 1. The van der Waals surface area contributed by atoms with E-state index < -0.39 is 19.8 Å². The highest BCUT2D eigenvalue weighted by Crippen LogP contribution is 2.47. The van der Waals surface area contributed by atoms with Crippen LogP contribution in [0.5, 0.6) is 0 Å². The van der Waals surface area contributed by atoms with Crippen molar-refractivity contribution >= 4 is 15.7 Å². The highest BCUT2D eigenvalue weighted by molar-refractivity contribution is 7.94. The first-order chi connectivity index (χ1) is 6.92. The summed E-state index contributed by atoms with van der Waals surface area (Å²) in [6, 6.07) is 0. The first kappa shape index (κ1) is 10.9. The molecule has 4 nitrogen and oxygen atoms in total. The zero-order chi connectivity index (χ0) is 11.3. The fraction of sp³-hybridized carbons (Fsp3) is 0.900. The molecule has 1 heterocycles. The van der Waals surface area contributed by atoms with Crippen LogP contribution in [0.2, 0.25) is 0 Å². The lowest BCUT2D eigenvalue weighted by atomic mass is 10.2. The summed E-state index contributed by atoms with van der Waals surface area (Å²) in [4.78, 5) is 13.7. The molecular weight excluding hydrogens is 214 g/mol. The normalized spacial score (nSPS) is 23.8. The number of hydrogen-bond donors (Lipinski definition) is 0. The van der Waals surface area contributed by atoms with Gasteiger partial charge in [0.15, 0.2) is 14.6 Å². The Morgan fingerprint density at radius 3 is 2.07 bits per heavy atom. The van der Waals surface area contributed by atoms with Crippen LogP contribution in [0.15, 0.2) is 0 Å². The molecule has 15 heavy (non-hydrogen) atoms. The lowest BCUT2D eigenvalue weighted by molar-refractivity contribution is -0.134. The highest BCUT2D eigenvalue weighted by Gasteiger charge is 2.62. The first-order valence-corrected chi connectivity index (χ1v) is 6.99. The van der Waals surface area contributed by atoms with E-state index in [9.17, 15) is 13.2 Å². The third-order valence-corrected chi connectivity index (χ3v) is 6.32. The van der Waals surface area contributed by atoms with Crippen LogP contribution in [0.1, 0.15) is 33.1 Å². The van der Waals surface area contributed by atoms with E-state index in [-0.39, 0.29) is 5.91 Å². The van der Waals surface area contributed by atoms with Crippen LogP contribution >= 0.6 is 0 Å². The molecule has 2 aliphatic rings. The van der Waals surface area contributed by atoms with Crippen molar-refractivity contribution in [1.29, 1.82) is 0 Å². The summed E-state index contributed by atoms with van der Waals surface area (Å²) in [6.07, 6.45) is 2.04. The molecule has 1 aliphatic carbocycles. The monoisotopic (exact) mass is 231 g/mol. The third-order valence-electron chi connectivity index (χ3n) is 3.40. The third kappa shape index (κ3) is 1.40. The molecule has 0 bridgehead atoms.